The number of nitrogens with one attached hydrogen (secondary N) is 1. The van der Waals surface area contributed by atoms with E-state index in [0.717, 1.165) is 38.5 Å². The van der Waals surface area contributed by atoms with Gasteiger partial charge in [0.05, 0.1) is 18.6 Å². The summed E-state index contributed by atoms with van der Waals surface area (Å²) in [5, 5.41) is 19.8. The third kappa shape index (κ3) is 2.58. The van der Waals surface area contributed by atoms with E-state index in [1.54, 1.807) is 6.07 Å². The Labute approximate surface area is 151 Å². The Morgan fingerprint density at radius 2 is 1.88 bits per heavy atom. The molecule has 2 N–H and O–H groups in total. The summed E-state index contributed by atoms with van der Waals surface area (Å²) in [4.78, 5) is 7.95. The van der Waals surface area contributed by atoms with Gasteiger partial charge < -0.3 is 20.0 Å². The molecule has 1 saturated heterocycles. The number of hydrogen-bond donors (Lipinski definition) is 2. The van der Waals surface area contributed by atoms with Gasteiger partial charge in [-0.25, -0.2) is 9.97 Å². The maximum Gasteiger partial charge on any atom is 0.222 e. The maximum atomic E-state index is 10.8. The van der Waals surface area contributed by atoms with E-state index in [9.17, 15) is 5.11 Å². The molecule has 0 aromatic carbocycles. The van der Waals surface area contributed by atoms with E-state index in [-0.39, 0.29) is 11.0 Å². The molecule has 0 unspecified atom stereocenters. The molecule has 2 heterocycles. The van der Waals surface area contributed by atoms with Crippen LogP contribution in [-0.4, -0.2) is 39.8 Å². The van der Waals surface area contributed by atoms with Crippen LogP contribution in [0.5, 0.6) is 0 Å². The quantitative estimate of drug-likeness (QED) is 0.583. The smallest absolute Gasteiger partial charge is 0.222 e. The first kappa shape index (κ1) is 16.9. The second-order valence-electron chi connectivity index (χ2n) is 7.01. The van der Waals surface area contributed by atoms with Gasteiger partial charge in [-0.15, -0.1) is 0 Å². The highest BCUT2D eigenvalue weighted by Gasteiger charge is 2.60. The number of nitrogens with zero attached hydrogens (tertiary/aromatic N) is 2. The van der Waals surface area contributed by atoms with Crippen LogP contribution in [0.15, 0.2) is 17.8 Å². The largest absolute Gasteiger partial charge is 0.505 e. The minimum absolute atomic E-state index is 0.0205. The van der Waals surface area contributed by atoms with E-state index >= 15 is 0 Å². The molecule has 25 heavy (non-hydrogen) atoms. The predicted octanol–water partition coefficient (Wildman–Crippen LogP) is 3.91. The van der Waals surface area contributed by atoms with Gasteiger partial charge in [0.25, 0.3) is 0 Å². The van der Waals surface area contributed by atoms with Crippen LogP contribution in [0, 0.1) is 10.8 Å². The lowest BCUT2D eigenvalue weighted by Crippen LogP contribution is -2.57. The van der Waals surface area contributed by atoms with Crippen molar-refractivity contribution in [2.24, 2.45) is 5.41 Å². The minimum atomic E-state index is -0.711. The highest BCUT2D eigenvalue weighted by Crippen LogP contribution is 2.56. The average Bonchev–Trinajstić information content (AvgIpc) is 3.09. The Morgan fingerprint density at radius 1 is 1.16 bits per heavy atom. The molecule has 134 valence electrons. The zero-order valence-corrected chi connectivity index (χ0v) is 14.8. The van der Waals surface area contributed by atoms with Crippen molar-refractivity contribution in [3.63, 3.8) is 0 Å². The normalized spacial score (nSPS) is 30.8. The topological polar surface area (TPSA) is 88.3 Å². The number of aliphatic hydroxyl groups excluding tert-OH is 1. The van der Waals surface area contributed by atoms with Gasteiger partial charge in [0.1, 0.15) is 11.5 Å². The summed E-state index contributed by atoms with van der Waals surface area (Å²) in [5.41, 5.74) is 0.934. The van der Waals surface area contributed by atoms with Crippen LogP contribution in [-0.2, 0) is 9.47 Å². The fourth-order valence-corrected chi connectivity index (χ4v) is 4.83. The Kier molecular flexibility index (Phi) is 4.30. The van der Waals surface area contributed by atoms with Crippen molar-refractivity contribution in [1.29, 1.82) is 5.41 Å². The lowest BCUT2D eigenvalue weighted by atomic mass is 9.59. The fraction of sp³-hybridized carbons (Fsp3) is 0.611. The molecule has 3 aliphatic rings. The van der Waals surface area contributed by atoms with Crippen LogP contribution in [0.1, 0.15) is 50.6 Å². The summed E-state index contributed by atoms with van der Waals surface area (Å²) in [5.74, 6) is -0.690. The van der Waals surface area contributed by atoms with E-state index < -0.39 is 11.2 Å². The molecule has 1 aliphatic heterocycles. The summed E-state index contributed by atoms with van der Waals surface area (Å²) in [6, 6.07) is 1.61. The SMILES string of the molecule is N=C1/C(=C(\O)c2ccnc(Cl)n2)CCC[C@@]12CCCCC21OCCO1. The molecule has 6 nitrogen and oxygen atoms in total. The molecule has 1 aromatic rings. The summed E-state index contributed by atoms with van der Waals surface area (Å²) in [6.07, 6.45) is 7.64. The van der Waals surface area contributed by atoms with Crippen molar-refractivity contribution in [2.75, 3.05) is 13.2 Å². The monoisotopic (exact) mass is 363 g/mol. The molecule has 0 radical (unpaired) electrons. The van der Waals surface area contributed by atoms with Gasteiger partial charge in [0.2, 0.25) is 5.28 Å². The summed E-state index contributed by atoms with van der Waals surface area (Å²) in [6.45, 7) is 1.14. The van der Waals surface area contributed by atoms with Gasteiger partial charge in [-0.2, -0.15) is 0 Å². The zero-order chi connectivity index (χ0) is 17.5. The molecule has 0 bridgehead atoms. The molecule has 2 saturated carbocycles. The van der Waals surface area contributed by atoms with Crippen molar-refractivity contribution >= 4 is 23.1 Å². The molecule has 1 aromatic heterocycles. The molecule has 0 amide bonds. The highest BCUT2D eigenvalue weighted by molar-refractivity contribution is 6.28. The Hall–Kier alpha value is -1.50. The van der Waals surface area contributed by atoms with Crippen LogP contribution in [0.2, 0.25) is 5.28 Å². The standard InChI is InChI=1S/C18H22ClN3O3/c19-16-21-9-5-13(22-16)14(23)12-4-3-7-17(15(12)20)6-1-2-8-18(17)24-10-11-25-18/h5,9,20,23H,1-4,6-8,10-11H2/b14-12-,20-15?/t17-/m0/s1. The molecule has 1 atom stereocenters. The van der Waals surface area contributed by atoms with Crippen molar-refractivity contribution < 1.29 is 14.6 Å². The molecule has 2 spiro atoms. The highest BCUT2D eigenvalue weighted by atomic mass is 35.5. The third-order valence-electron chi connectivity index (χ3n) is 5.81. The molecular formula is C18H22ClN3O3. The number of ether oxygens (including phenoxy) is 2. The van der Waals surface area contributed by atoms with Gasteiger partial charge in [-0.05, 0) is 49.8 Å². The Morgan fingerprint density at radius 3 is 2.64 bits per heavy atom. The molecule has 3 fully saturated rings. The third-order valence-corrected chi connectivity index (χ3v) is 5.99. The number of halogens is 1. The lowest BCUT2D eigenvalue weighted by molar-refractivity contribution is -0.236. The van der Waals surface area contributed by atoms with Crippen LogP contribution < -0.4 is 0 Å². The van der Waals surface area contributed by atoms with Gasteiger partial charge in [0.15, 0.2) is 5.79 Å². The molecule has 4 rings (SSSR count). The van der Waals surface area contributed by atoms with Crippen molar-refractivity contribution in [1.82, 2.24) is 9.97 Å². The Balaban J connectivity index is 1.77. The van der Waals surface area contributed by atoms with Crippen molar-refractivity contribution in [3.05, 3.63) is 28.8 Å². The lowest BCUT2D eigenvalue weighted by Gasteiger charge is -2.52. The first-order valence-electron chi connectivity index (χ1n) is 8.86. The Bertz CT molecular complexity index is 726. The fourth-order valence-electron chi connectivity index (χ4n) is 4.68. The maximum absolute atomic E-state index is 10.8. The van der Waals surface area contributed by atoms with E-state index in [1.807, 2.05) is 0 Å². The first-order valence-corrected chi connectivity index (χ1v) is 9.24. The van der Waals surface area contributed by atoms with E-state index in [1.165, 1.54) is 6.20 Å². The summed E-state index contributed by atoms with van der Waals surface area (Å²) < 4.78 is 12.2. The minimum Gasteiger partial charge on any atom is -0.505 e. The molecule has 7 heteroatoms. The first-order chi connectivity index (χ1) is 12.1. The second-order valence-corrected chi connectivity index (χ2v) is 7.34. The number of aromatic nitrogens is 2. The van der Waals surface area contributed by atoms with Crippen LogP contribution in [0.25, 0.3) is 5.76 Å². The summed E-state index contributed by atoms with van der Waals surface area (Å²) >= 11 is 5.86. The van der Waals surface area contributed by atoms with Gasteiger partial charge in [-0.3, -0.25) is 0 Å². The van der Waals surface area contributed by atoms with Crippen LogP contribution in [0.4, 0.5) is 0 Å². The van der Waals surface area contributed by atoms with E-state index in [4.69, 9.17) is 26.5 Å². The van der Waals surface area contributed by atoms with Gasteiger partial charge in [-0.1, -0.05) is 6.42 Å². The van der Waals surface area contributed by atoms with Crippen molar-refractivity contribution in [3.8, 4) is 0 Å². The summed E-state index contributed by atoms with van der Waals surface area (Å²) in [7, 11) is 0. The van der Waals surface area contributed by atoms with Crippen LogP contribution >= 0.6 is 11.6 Å². The van der Waals surface area contributed by atoms with E-state index in [2.05, 4.69) is 9.97 Å². The van der Waals surface area contributed by atoms with Crippen LogP contribution in [0.3, 0.4) is 0 Å². The number of fused-ring (bicyclic) bond motifs is 1. The van der Waals surface area contributed by atoms with Crippen molar-refractivity contribution in [2.45, 2.75) is 50.7 Å². The van der Waals surface area contributed by atoms with E-state index in [0.29, 0.717) is 36.6 Å². The molecule has 2 aliphatic carbocycles. The number of rotatable bonds is 1. The average molecular weight is 364 g/mol. The number of allylic oxidation sites excluding steroid dienone is 1. The second kappa shape index (κ2) is 6.34. The number of hydrogen-bond acceptors (Lipinski definition) is 6. The predicted molar refractivity (Wildman–Crippen MR) is 93.7 cm³/mol. The van der Waals surface area contributed by atoms with Gasteiger partial charge >= 0.3 is 0 Å². The zero-order valence-electron chi connectivity index (χ0n) is 14.1. The molecular weight excluding hydrogens is 342 g/mol. The van der Waals surface area contributed by atoms with Gasteiger partial charge in [0, 0.05) is 23.9 Å². The number of aliphatic hydroxyl groups is 1.